The summed E-state index contributed by atoms with van der Waals surface area (Å²) < 4.78 is 12.1. The lowest BCUT2D eigenvalue weighted by atomic mass is 10.0. The minimum absolute atomic E-state index is 0.677. The molecule has 158 valence electrons. The first-order valence-electron chi connectivity index (χ1n) is 10.3. The largest absolute Gasteiger partial charge is 0.381 e. The van der Waals surface area contributed by atoms with Crippen LogP contribution in [-0.4, -0.2) is 82.0 Å². The Bertz CT molecular complexity index is 599. The first-order valence-corrected chi connectivity index (χ1v) is 11.5. The molecule has 2 saturated heterocycles. The third kappa shape index (κ3) is 7.19. The highest BCUT2D eigenvalue weighted by atomic mass is 35.5. The molecule has 6 nitrogen and oxygen atoms in total. The average Bonchev–Trinajstić information content (AvgIpc) is 3.14. The van der Waals surface area contributed by atoms with Gasteiger partial charge < -0.3 is 19.7 Å². The van der Waals surface area contributed by atoms with Crippen molar-refractivity contribution < 1.29 is 9.47 Å². The van der Waals surface area contributed by atoms with Gasteiger partial charge in [0.2, 0.25) is 0 Å². The SMILES string of the molecule is CN=C(NCCCOCC1CCOCC1)N1CCN(Cc2ccc(Cl)s2)CC1. The second-order valence-electron chi connectivity index (χ2n) is 7.43. The fourth-order valence-electron chi connectivity index (χ4n) is 3.64. The first-order chi connectivity index (χ1) is 13.7. The number of hydrogen-bond donors (Lipinski definition) is 1. The minimum atomic E-state index is 0.677. The van der Waals surface area contributed by atoms with E-state index in [1.165, 1.54) is 4.88 Å². The molecule has 0 unspecified atom stereocenters. The van der Waals surface area contributed by atoms with Crippen LogP contribution in [0.4, 0.5) is 0 Å². The quantitative estimate of drug-likeness (QED) is 0.392. The summed E-state index contributed by atoms with van der Waals surface area (Å²) in [6.45, 7) is 9.43. The van der Waals surface area contributed by atoms with Crippen molar-refractivity contribution in [2.75, 3.05) is 66.2 Å². The maximum Gasteiger partial charge on any atom is 0.193 e. The van der Waals surface area contributed by atoms with Crippen LogP contribution in [-0.2, 0) is 16.0 Å². The third-order valence-corrected chi connectivity index (χ3v) is 6.55. The van der Waals surface area contributed by atoms with E-state index in [1.807, 2.05) is 13.1 Å². The predicted molar refractivity (Wildman–Crippen MR) is 117 cm³/mol. The van der Waals surface area contributed by atoms with Gasteiger partial charge in [0.25, 0.3) is 0 Å². The van der Waals surface area contributed by atoms with Gasteiger partial charge in [-0.3, -0.25) is 9.89 Å². The summed E-state index contributed by atoms with van der Waals surface area (Å²) in [6, 6.07) is 4.11. The van der Waals surface area contributed by atoms with Crippen LogP contribution in [0.2, 0.25) is 4.34 Å². The first kappa shape index (κ1) is 21.8. The number of halogens is 1. The molecule has 2 aliphatic heterocycles. The van der Waals surface area contributed by atoms with Gasteiger partial charge in [-0.15, -0.1) is 11.3 Å². The summed E-state index contributed by atoms with van der Waals surface area (Å²) in [7, 11) is 1.87. The zero-order chi connectivity index (χ0) is 19.6. The third-order valence-electron chi connectivity index (χ3n) is 5.33. The lowest BCUT2D eigenvalue weighted by Crippen LogP contribution is -2.52. The Kier molecular flexibility index (Phi) is 9.34. The normalized spacial score (nSPS) is 19.9. The molecule has 2 fully saturated rings. The summed E-state index contributed by atoms with van der Waals surface area (Å²) in [4.78, 5) is 10.6. The number of ether oxygens (including phenoxy) is 2. The molecule has 1 N–H and O–H groups in total. The Balaban J connectivity index is 1.27. The molecule has 0 aliphatic carbocycles. The number of hydrogen-bond acceptors (Lipinski definition) is 5. The summed E-state index contributed by atoms with van der Waals surface area (Å²) in [5.41, 5.74) is 0. The molecule has 1 aromatic rings. The monoisotopic (exact) mass is 428 g/mol. The Morgan fingerprint density at radius 1 is 1.29 bits per heavy atom. The van der Waals surface area contributed by atoms with Crippen molar-refractivity contribution in [2.45, 2.75) is 25.8 Å². The van der Waals surface area contributed by atoms with Gasteiger partial charge in [-0.1, -0.05) is 11.6 Å². The van der Waals surface area contributed by atoms with Crippen LogP contribution in [0.1, 0.15) is 24.1 Å². The average molecular weight is 429 g/mol. The van der Waals surface area contributed by atoms with Crippen LogP contribution < -0.4 is 5.32 Å². The van der Waals surface area contributed by atoms with Crippen LogP contribution in [0.3, 0.4) is 0 Å². The van der Waals surface area contributed by atoms with Crippen LogP contribution in [0.15, 0.2) is 17.1 Å². The number of aliphatic imine (C=N–C) groups is 1. The zero-order valence-electron chi connectivity index (χ0n) is 16.9. The molecule has 1 aromatic heterocycles. The van der Waals surface area contributed by atoms with E-state index in [-0.39, 0.29) is 0 Å². The molecule has 3 rings (SSSR count). The number of nitrogens with one attached hydrogen (secondary N) is 1. The molecule has 0 radical (unpaired) electrons. The van der Waals surface area contributed by atoms with Gasteiger partial charge in [0.15, 0.2) is 5.96 Å². The number of rotatable bonds is 8. The fourth-order valence-corrected chi connectivity index (χ4v) is 4.77. The molecule has 0 atom stereocenters. The van der Waals surface area contributed by atoms with Gasteiger partial charge in [-0.2, -0.15) is 0 Å². The zero-order valence-corrected chi connectivity index (χ0v) is 18.4. The van der Waals surface area contributed by atoms with Gasteiger partial charge in [0, 0.05) is 77.6 Å². The number of nitrogens with zero attached hydrogens (tertiary/aromatic N) is 3. The van der Waals surface area contributed by atoms with Crippen molar-refractivity contribution in [2.24, 2.45) is 10.9 Å². The van der Waals surface area contributed by atoms with Gasteiger partial charge >= 0.3 is 0 Å². The Hall–Kier alpha value is -0.860. The second-order valence-corrected chi connectivity index (χ2v) is 9.23. The van der Waals surface area contributed by atoms with Gasteiger partial charge in [0.1, 0.15) is 0 Å². The van der Waals surface area contributed by atoms with Crippen molar-refractivity contribution in [3.05, 3.63) is 21.3 Å². The molecule has 0 bridgehead atoms. The number of thiophene rings is 1. The van der Waals surface area contributed by atoms with E-state index >= 15 is 0 Å². The van der Waals surface area contributed by atoms with E-state index in [4.69, 9.17) is 21.1 Å². The molecule has 0 aromatic carbocycles. The molecular weight excluding hydrogens is 396 g/mol. The highest BCUT2D eigenvalue weighted by molar-refractivity contribution is 7.16. The molecular formula is C20H33ClN4O2S. The van der Waals surface area contributed by atoms with E-state index in [0.29, 0.717) is 5.92 Å². The van der Waals surface area contributed by atoms with Gasteiger partial charge in [-0.25, -0.2) is 0 Å². The lowest BCUT2D eigenvalue weighted by Gasteiger charge is -2.36. The molecule has 0 amide bonds. The molecule has 0 saturated carbocycles. The van der Waals surface area contributed by atoms with Gasteiger partial charge in [0.05, 0.1) is 4.34 Å². The van der Waals surface area contributed by atoms with Crippen molar-refractivity contribution in [3.8, 4) is 0 Å². The highest BCUT2D eigenvalue weighted by Crippen LogP contribution is 2.23. The molecule has 28 heavy (non-hydrogen) atoms. The Labute approximate surface area is 177 Å². The van der Waals surface area contributed by atoms with Crippen molar-refractivity contribution in [1.82, 2.24) is 15.1 Å². The highest BCUT2D eigenvalue weighted by Gasteiger charge is 2.20. The Morgan fingerprint density at radius 2 is 2.07 bits per heavy atom. The van der Waals surface area contributed by atoms with Crippen molar-refractivity contribution >= 4 is 28.9 Å². The van der Waals surface area contributed by atoms with Crippen molar-refractivity contribution in [1.29, 1.82) is 0 Å². The lowest BCUT2D eigenvalue weighted by molar-refractivity contribution is 0.0203. The Morgan fingerprint density at radius 3 is 2.75 bits per heavy atom. The number of guanidine groups is 1. The topological polar surface area (TPSA) is 49.3 Å². The van der Waals surface area contributed by atoms with Crippen LogP contribution >= 0.6 is 22.9 Å². The van der Waals surface area contributed by atoms with Crippen LogP contribution in [0, 0.1) is 5.92 Å². The molecule has 2 aliphatic rings. The van der Waals surface area contributed by atoms with Crippen molar-refractivity contribution in [3.63, 3.8) is 0 Å². The van der Waals surface area contributed by atoms with E-state index in [2.05, 4.69) is 26.2 Å². The smallest absolute Gasteiger partial charge is 0.193 e. The standard InChI is InChI=1S/C20H33ClN4O2S/c1-22-20(23-7-2-12-27-16-17-5-13-26-14-6-17)25-10-8-24(9-11-25)15-18-3-4-19(21)28-18/h3-4,17H,2,5-16H2,1H3,(H,22,23). The number of piperazine rings is 1. The van der Waals surface area contributed by atoms with Crippen LogP contribution in [0.5, 0.6) is 0 Å². The molecule has 3 heterocycles. The molecule has 0 spiro atoms. The summed E-state index contributed by atoms with van der Waals surface area (Å²) in [5.74, 6) is 1.68. The van der Waals surface area contributed by atoms with E-state index in [0.717, 1.165) is 95.3 Å². The van der Waals surface area contributed by atoms with E-state index in [1.54, 1.807) is 11.3 Å². The van der Waals surface area contributed by atoms with Gasteiger partial charge in [-0.05, 0) is 37.3 Å². The summed E-state index contributed by atoms with van der Waals surface area (Å²) in [5, 5.41) is 3.49. The minimum Gasteiger partial charge on any atom is -0.381 e. The molecule has 8 heteroatoms. The van der Waals surface area contributed by atoms with Crippen LogP contribution in [0.25, 0.3) is 0 Å². The summed E-state index contributed by atoms with van der Waals surface area (Å²) >= 11 is 7.71. The maximum atomic E-state index is 6.04. The van der Waals surface area contributed by atoms with E-state index in [9.17, 15) is 0 Å². The fraction of sp³-hybridized carbons (Fsp3) is 0.750. The predicted octanol–water partition coefficient (Wildman–Crippen LogP) is 2.93. The maximum absolute atomic E-state index is 6.04. The van der Waals surface area contributed by atoms with E-state index < -0.39 is 0 Å². The summed E-state index contributed by atoms with van der Waals surface area (Å²) in [6.07, 6.45) is 3.27. The second kappa shape index (κ2) is 12.0.